The molecule has 1 fully saturated rings. The fourth-order valence-corrected chi connectivity index (χ4v) is 3.39. The third kappa shape index (κ3) is 5.70. The van der Waals surface area contributed by atoms with Crippen molar-refractivity contribution in [3.8, 4) is 0 Å². The van der Waals surface area contributed by atoms with Crippen LogP contribution in [-0.2, 0) is 4.74 Å². The van der Waals surface area contributed by atoms with Gasteiger partial charge < -0.3 is 9.64 Å². The number of carbonyl (C=O) groups excluding carboxylic acids is 1. The number of amides is 1. The molecule has 1 amide bonds. The molecular weight excluding hydrogens is 284 g/mol. The van der Waals surface area contributed by atoms with Gasteiger partial charge in [0, 0.05) is 31.4 Å². The summed E-state index contributed by atoms with van der Waals surface area (Å²) in [4.78, 5) is 16.8. The van der Waals surface area contributed by atoms with E-state index < -0.39 is 5.60 Å². The fraction of sp³-hybridized carbons (Fsp3) is 0.938. The maximum Gasteiger partial charge on any atom is 0.410 e. The Morgan fingerprint density at radius 3 is 2.38 bits per heavy atom. The molecule has 0 aliphatic carbocycles. The maximum absolute atomic E-state index is 12.4. The van der Waals surface area contributed by atoms with Crippen LogP contribution in [0.1, 0.15) is 41.5 Å². The summed E-state index contributed by atoms with van der Waals surface area (Å²) in [7, 11) is 0. The van der Waals surface area contributed by atoms with Crippen molar-refractivity contribution in [3.63, 3.8) is 0 Å². The van der Waals surface area contributed by atoms with Gasteiger partial charge >= 0.3 is 6.09 Å². The molecule has 1 rings (SSSR count). The number of hydrogen-bond acceptors (Lipinski definition) is 4. The molecule has 0 aromatic carbocycles. The van der Waals surface area contributed by atoms with Gasteiger partial charge in [0.05, 0.1) is 6.04 Å². The second kappa shape index (κ2) is 7.73. The van der Waals surface area contributed by atoms with Crippen LogP contribution >= 0.6 is 11.8 Å². The topological polar surface area (TPSA) is 32.8 Å². The lowest BCUT2D eigenvalue weighted by Crippen LogP contribution is -2.59. The van der Waals surface area contributed by atoms with Crippen LogP contribution in [-0.4, -0.2) is 65.2 Å². The monoisotopic (exact) mass is 316 g/mol. The van der Waals surface area contributed by atoms with Crippen molar-refractivity contribution in [1.29, 1.82) is 0 Å². The first-order valence-corrected chi connectivity index (χ1v) is 9.27. The van der Waals surface area contributed by atoms with E-state index in [1.807, 2.05) is 37.4 Å². The third-order valence-electron chi connectivity index (χ3n) is 3.88. The molecule has 2 atom stereocenters. The van der Waals surface area contributed by atoms with E-state index in [0.717, 1.165) is 25.4 Å². The Hall–Kier alpha value is -0.420. The van der Waals surface area contributed by atoms with Crippen molar-refractivity contribution in [2.75, 3.05) is 31.6 Å². The molecule has 0 radical (unpaired) electrons. The van der Waals surface area contributed by atoms with Crippen LogP contribution in [0.2, 0.25) is 0 Å². The van der Waals surface area contributed by atoms with Crippen LogP contribution in [0.5, 0.6) is 0 Å². The van der Waals surface area contributed by atoms with Crippen molar-refractivity contribution in [3.05, 3.63) is 0 Å². The summed E-state index contributed by atoms with van der Waals surface area (Å²) in [6.45, 7) is 15.1. The van der Waals surface area contributed by atoms with E-state index in [-0.39, 0.29) is 12.1 Å². The number of rotatable bonds is 4. The molecule has 0 bridgehead atoms. The van der Waals surface area contributed by atoms with E-state index >= 15 is 0 Å². The smallest absolute Gasteiger partial charge is 0.410 e. The molecule has 2 unspecified atom stereocenters. The Labute approximate surface area is 134 Å². The van der Waals surface area contributed by atoms with Crippen LogP contribution in [0, 0.1) is 5.92 Å². The Kier molecular flexibility index (Phi) is 6.85. The second-order valence-electron chi connectivity index (χ2n) is 7.28. The molecule has 124 valence electrons. The van der Waals surface area contributed by atoms with Crippen molar-refractivity contribution in [1.82, 2.24) is 9.80 Å². The first-order chi connectivity index (χ1) is 9.65. The summed E-state index contributed by atoms with van der Waals surface area (Å²) in [5, 5.41) is 0. The molecule has 1 aliphatic rings. The highest BCUT2D eigenvalue weighted by molar-refractivity contribution is 7.98. The van der Waals surface area contributed by atoms with E-state index in [4.69, 9.17) is 4.74 Å². The van der Waals surface area contributed by atoms with Crippen LogP contribution in [0.4, 0.5) is 4.79 Å². The molecule has 1 saturated heterocycles. The van der Waals surface area contributed by atoms with Crippen molar-refractivity contribution in [2.45, 2.75) is 59.2 Å². The highest BCUT2D eigenvalue weighted by Gasteiger charge is 2.35. The molecule has 0 saturated carbocycles. The summed E-state index contributed by atoms with van der Waals surface area (Å²) in [6, 6.07) is 0.792. The predicted molar refractivity (Wildman–Crippen MR) is 91.0 cm³/mol. The molecule has 0 aromatic heterocycles. The highest BCUT2D eigenvalue weighted by atomic mass is 32.2. The average Bonchev–Trinajstić information content (AvgIpc) is 2.36. The summed E-state index contributed by atoms with van der Waals surface area (Å²) in [5.74, 6) is 1.57. The molecule has 21 heavy (non-hydrogen) atoms. The normalized spacial score (nSPS) is 22.5. The van der Waals surface area contributed by atoms with Gasteiger partial charge in [-0.1, -0.05) is 13.8 Å². The zero-order chi connectivity index (χ0) is 16.2. The zero-order valence-electron chi connectivity index (χ0n) is 14.7. The molecule has 1 aliphatic heterocycles. The SMILES string of the molecule is CSCC(C)N1CCN(C(=O)OC(C)(C)C)C(C(C)C)C1. The van der Waals surface area contributed by atoms with Gasteiger partial charge in [-0.25, -0.2) is 4.79 Å². The molecular formula is C16H32N2O2S. The zero-order valence-corrected chi connectivity index (χ0v) is 15.5. The molecule has 1 heterocycles. The van der Waals surface area contributed by atoms with Crippen LogP contribution in [0.15, 0.2) is 0 Å². The van der Waals surface area contributed by atoms with E-state index in [1.165, 1.54) is 0 Å². The highest BCUT2D eigenvalue weighted by Crippen LogP contribution is 2.22. The Morgan fingerprint density at radius 1 is 1.29 bits per heavy atom. The van der Waals surface area contributed by atoms with Gasteiger partial charge in [-0.3, -0.25) is 4.90 Å². The van der Waals surface area contributed by atoms with E-state index in [1.54, 1.807) is 0 Å². The summed E-state index contributed by atoms with van der Waals surface area (Å²) in [6.07, 6.45) is 1.98. The summed E-state index contributed by atoms with van der Waals surface area (Å²) in [5.41, 5.74) is -0.429. The van der Waals surface area contributed by atoms with Crippen LogP contribution in [0.25, 0.3) is 0 Å². The predicted octanol–water partition coefficient (Wildman–Crippen LogP) is 3.32. The molecule has 0 N–H and O–H groups in total. The minimum Gasteiger partial charge on any atom is -0.444 e. The van der Waals surface area contributed by atoms with Gasteiger partial charge in [-0.2, -0.15) is 11.8 Å². The van der Waals surface area contributed by atoms with E-state index in [0.29, 0.717) is 12.0 Å². The van der Waals surface area contributed by atoms with E-state index in [2.05, 4.69) is 31.9 Å². The third-order valence-corrected chi connectivity index (χ3v) is 4.69. The number of piperazine rings is 1. The Balaban J connectivity index is 2.73. The van der Waals surface area contributed by atoms with Gasteiger partial charge in [0.15, 0.2) is 0 Å². The average molecular weight is 317 g/mol. The molecule has 5 heteroatoms. The minimum absolute atomic E-state index is 0.168. The summed E-state index contributed by atoms with van der Waals surface area (Å²) < 4.78 is 5.57. The van der Waals surface area contributed by atoms with Crippen molar-refractivity contribution < 1.29 is 9.53 Å². The van der Waals surface area contributed by atoms with Crippen molar-refractivity contribution >= 4 is 17.9 Å². The number of nitrogens with zero attached hydrogens (tertiary/aromatic N) is 2. The lowest BCUT2D eigenvalue weighted by Gasteiger charge is -2.45. The summed E-state index contributed by atoms with van der Waals surface area (Å²) >= 11 is 1.88. The lowest BCUT2D eigenvalue weighted by atomic mass is 9.99. The standard InChI is InChI=1S/C16H32N2O2S/c1-12(2)14-10-17(13(3)11-21-7)8-9-18(14)15(19)20-16(4,5)6/h12-14H,8-11H2,1-7H3. The van der Waals surface area contributed by atoms with E-state index in [9.17, 15) is 4.79 Å². The number of carbonyl (C=O) groups is 1. The number of ether oxygens (including phenoxy) is 1. The van der Waals surface area contributed by atoms with Gasteiger partial charge in [0.1, 0.15) is 5.60 Å². The number of thioether (sulfide) groups is 1. The largest absolute Gasteiger partial charge is 0.444 e. The van der Waals surface area contributed by atoms with Gasteiger partial charge in [0.25, 0.3) is 0 Å². The quantitative estimate of drug-likeness (QED) is 0.796. The van der Waals surface area contributed by atoms with Crippen molar-refractivity contribution in [2.24, 2.45) is 5.92 Å². The molecule has 4 nitrogen and oxygen atoms in total. The first kappa shape index (κ1) is 18.6. The minimum atomic E-state index is -0.429. The molecule has 0 aromatic rings. The van der Waals surface area contributed by atoms with Gasteiger partial charge in [0.2, 0.25) is 0 Å². The lowest BCUT2D eigenvalue weighted by molar-refractivity contribution is -0.0136. The number of hydrogen-bond donors (Lipinski definition) is 0. The van der Waals surface area contributed by atoms with Crippen LogP contribution in [0.3, 0.4) is 0 Å². The van der Waals surface area contributed by atoms with Gasteiger partial charge in [-0.15, -0.1) is 0 Å². The first-order valence-electron chi connectivity index (χ1n) is 7.88. The Morgan fingerprint density at radius 2 is 1.90 bits per heavy atom. The van der Waals surface area contributed by atoms with Gasteiger partial charge in [-0.05, 0) is 39.9 Å². The second-order valence-corrected chi connectivity index (χ2v) is 8.20. The van der Waals surface area contributed by atoms with Crippen LogP contribution < -0.4 is 0 Å². The Bertz CT molecular complexity index is 342. The fourth-order valence-electron chi connectivity index (χ4n) is 2.70. The maximum atomic E-state index is 12.4. The molecule has 0 spiro atoms.